The third-order valence-corrected chi connectivity index (χ3v) is 1.69. The van der Waals surface area contributed by atoms with Crippen LogP contribution in [0, 0.1) is 0 Å². The molecule has 6 heteroatoms. The molecule has 11 heavy (non-hydrogen) atoms. The van der Waals surface area contributed by atoms with Gasteiger partial charge in [0, 0.05) is 0 Å². The lowest BCUT2D eigenvalue weighted by atomic mass is 10.5. The molecule has 0 aliphatic heterocycles. The Bertz CT molecular complexity index is 395. The van der Waals surface area contributed by atoms with Gasteiger partial charge in [-0.15, -0.1) is 0 Å². The molecule has 0 aromatic carbocycles. The van der Waals surface area contributed by atoms with Crippen molar-refractivity contribution < 1.29 is 0 Å². The first-order valence-electron chi connectivity index (χ1n) is 2.94. The summed E-state index contributed by atoms with van der Waals surface area (Å²) < 4.78 is 1.60. The molecule has 0 saturated heterocycles. The zero-order valence-corrected chi connectivity index (χ0v) is 6.52. The fraction of sp³-hybridized carbons (Fsp3) is 0. The van der Waals surface area contributed by atoms with Crippen molar-refractivity contribution in [3.63, 3.8) is 0 Å². The normalized spacial score (nSPS) is 10.6. The van der Waals surface area contributed by atoms with Crippen LogP contribution in [0.4, 0.5) is 5.82 Å². The molecule has 0 unspecified atom stereocenters. The van der Waals surface area contributed by atoms with Gasteiger partial charge in [-0.05, 0) is 0 Å². The van der Waals surface area contributed by atoms with E-state index in [4.69, 9.17) is 5.73 Å². The van der Waals surface area contributed by atoms with Gasteiger partial charge in [-0.3, -0.25) is 0 Å². The van der Waals surface area contributed by atoms with Crippen molar-refractivity contribution in [1.29, 1.82) is 0 Å². The van der Waals surface area contributed by atoms with E-state index in [-0.39, 0.29) is 0 Å². The Morgan fingerprint density at radius 3 is 2.91 bits per heavy atom. The van der Waals surface area contributed by atoms with Gasteiger partial charge >= 0.3 is 0 Å². The molecule has 2 rings (SSSR count). The van der Waals surface area contributed by atoms with Crippen LogP contribution in [-0.2, 0) is 0 Å². The van der Waals surface area contributed by atoms with E-state index in [0.29, 0.717) is 17.0 Å². The first-order chi connectivity index (χ1) is 5.29. The van der Waals surface area contributed by atoms with E-state index in [1.807, 2.05) is 0 Å². The third kappa shape index (κ3) is 0.794. The van der Waals surface area contributed by atoms with Crippen LogP contribution < -0.4 is 5.73 Å². The first kappa shape index (κ1) is 6.29. The van der Waals surface area contributed by atoms with E-state index in [2.05, 4.69) is 25.4 Å². The minimum Gasteiger partial charge on any atom is -0.382 e. The zero-order valence-electron chi connectivity index (χ0n) is 5.52. The Balaban J connectivity index is 2.94. The Morgan fingerprint density at radius 1 is 1.36 bits per heavy atom. The molecule has 3 radical (unpaired) electrons. The number of fused-ring (bicyclic) bond motifs is 1. The predicted molar refractivity (Wildman–Crippen MR) is 40.9 cm³/mol. The maximum absolute atomic E-state index is 5.52. The van der Waals surface area contributed by atoms with Crippen molar-refractivity contribution in [1.82, 2.24) is 19.2 Å². The van der Waals surface area contributed by atoms with Gasteiger partial charge in [0.1, 0.15) is 11.8 Å². The van der Waals surface area contributed by atoms with Crippen LogP contribution in [-0.4, -0.2) is 29.6 Å². The lowest BCUT2D eigenvalue weighted by Crippen LogP contribution is -1.95. The Kier molecular flexibility index (Phi) is 1.16. The highest BCUT2D eigenvalue weighted by atomic mass is 28.2. The van der Waals surface area contributed by atoms with Crippen molar-refractivity contribution in [3.8, 4) is 0 Å². The van der Waals surface area contributed by atoms with Crippen LogP contribution in [0.25, 0.3) is 11.2 Å². The van der Waals surface area contributed by atoms with Crippen LogP contribution in [0.5, 0.6) is 0 Å². The average Bonchev–Trinajstić information content (AvgIpc) is 2.35. The average molecular weight is 162 g/mol. The maximum Gasteiger partial charge on any atom is 0.199 e. The number of aromatic nitrogens is 4. The van der Waals surface area contributed by atoms with Crippen molar-refractivity contribution in [2.75, 3.05) is 5.73 Å². The number of nitrogens with two attached hydrogens (primary N) is 1. The second-order valence-electron chi connectivity index (χ2n) is 2.05. The second-order valence-corrected chi connectivity index (χ2v) is 2.53. The largest absolute Gasteiger partial charge is 0.382 e. The Morgan fingerprint density at radius 2 is 2.18 bits per heavy atom. The summed E-state index contributed by atoms with van der Waals surface area (Å²) in [5, 5.41) is 0. The number of nitrogens with zero attached hydrogens (tertiary/aromatic N) is 4. The molecule has 2 aromatic rings. The molecular formula is C5H4N5Si. The van der Waals surface area contributed by atoms with E-state index in [0.717, 1.165) is 0 Å². The molecule has 2 aromatic heterocycles. The Hall–Kier alpha value is -1.43. The summed E-state index contributed by atoms with van der Waals surface area (Å²) in [5.41, 5.74) is 6.81. The van der Waals surface area contributed by atoms with E-state index >= 15 is 0 Å². The van der Waals surface area contributed by atoms with Crippen molar-refractivity contribution in [2.24, 2.45) is 0 Å². The molecule has 2 heterocycles. The zero-order chi connectivity index (χ0) is 7.84. The highest BCUT2D eigenvalue weighted by molar-refractivity contribution is 6.10. The summed E-state index contributed by atoms with van der Waals surface area (Å²) >= 11 is 0. The molecule has 0 fully saturated rings. The quantitative estimate of drug-likeness (QED) is 0.522. The van der Waals surface area contributed by atoms with Crippen molar-refractivity contribution >= 4 is 27.4 Å². The molecule has 2 N–H and O–H groups in total. The Labute approximate surface area is 65.8 Å². The lowest BCUT2D eigenvalue weighted by Gasteiger charge is -1.92. The molecule has 0 spiro atoms. The first-order valence-corrected chi connectivity index (χ1v) is 3.39. The van der Waals surface area contributed by atoms with Gasteiger partial charge in [0.2, 0.25) is 0 Å². The molecule has 0 amide bonds. The third-order valence-electron chi connectivity index (χ3n) is 1.36. The molecular weight excluding hydrogens is 158 g/mol. The van der Waals surface area contributed by atoms with E-state index in [1.165, 1.54) is 6.33 Å². The van der Waals surface area contributed by atoms with Gasteiger partial charge in [-0.25, -0.2) is 15.0 Å². The highest BCUT2D eigenvalue weighted by Gasteiger charge is 2.03. The minimum absolute atomic E-state index is 0.395. The monoisotopic (exact) mass is 162 g/mol. The summed E-state index contributed by atoms with van der Waals surface area (Å²) in [4.78, 5) is 11.7. The SMILES string of the molecule is Nc1ncnc2c1ncn2[Si]. The van der Waals surface area contributed by atoms with Crippen LogP contribution in [0.1, 0.15) is 0 Å². The summed E-state index contributed by atoms with van der Waals surface area (Å²) in [6, 6.07) is 0. The maximum atomic E-state index is 5.52. The summed E-state index contributed by atoms with van der Waals surface area (Å²) in [5.74, 6) is 0.395. The number of hydrogen-bond donors (Lipinski definition) is 1. The van der Waals surface area contributed by atoms with Gasteiger partial charge in [0.15, 0.2) is 21.9 Å². The van der Waals surface area contributed by atoms with Crippen LogP contribution in [0.15, 0.2) is 12.7 Å². The molecule has 0 saturated carbocycles. The van der Waals surface area contributed by atoms with Gasteiger partial charge in [-0.2, -0.15) is 0 Å². The van der Waals surface area contributed by atoms with Crippen LogP contribution in [0.3, 0.4) is 0 Å². The van der Waals surface area contributed by atoms with E-state index in [9.17, 15) is 0 Å². The van der Waals surface area contributed by atoms with E-state index in [1.54, 1.807) is 10.6 Å². The summed E-state index contributed by atoms with van der Waals surface area (Å²) in [7, 11) is 3.26. The molecule has 0 atom stereocenters. The number of nitrogen functional groups attached to an aromatic ring is 1. The summed E-state index contributed by atoms with van der Waals surface area (Å²) in [6.45, 7) is 0. The van der Waals surface area contributed by atoms with E-state index < -0.39 is 0 Å². The van der Waals surface area contributed by atoms with Crippen molar-refractivity contribution in [2.45, 2.75) is 0 Å². The fourth-order valence-electron chi connectivity index (χ4n) is 0.853. The van der Waals surface area contributed by atoms with Gasteiger partial charge in [-0.1, -0.05) is 0 Å². The second kappa shape index (κ2) is 2.02. The molecule has 53 valence electrons. The number of anilines is 1. The molecule has 0 aliphatic carbocycles. The molecule has 0 aliphatic rings. The minimum atomic E-state index is 0.395. The summed E-state index contributed by atoms with van der Waals surface area (Å²) in [6.07, 6.45) is 2.97. The van der Waals surface area contributed by atoms with Gasteiger partial charge in [0.25, 0.3) is 0 Å². The number of hydrogen-bond acceptors (Lipinski definition) is 4. The van der Waals surface area contributed by atoms with Crippen molar-refractivity contribution in [3.05, 3.63) is 12.7 Å². The standard InChI is InChI=1S/C5H4N5Si/c6-4-3-5(8-1-7-4)10(11)2-9-3/h1-2H,(H2,6,7,8). The van der Waals surface area contributed by atoms with Gasteiger partial charge in [0.05, 0.1) is 6.33 Å². The lowest BCUT2D eigenvalue weighted by molar-refractivity contribution is 1.17. The topological polar surface area (TPSA) is 69.6 Å². The van der Waals surface area contributed by atoms with Gasteiger partial charge < -0.3 is 9.97 Å². The van der Waals surface area contributed by atoms with Crippen LogP contribution in [0.2, 0.25) is 0 Å². The number of rotatable bonds is 0. The predicted octanol–water partition coefficient (Wildman–Crippen LogP) is -0.660. The molecule has 5 nitrogen and oxygen atoms in total. The highest BCUT2D eigenvalue weighted by Crippen LogP contribution is 2.11. The smallest absolute Gasteiger partial charge is 0.199 e. The fourth-order valence-corrected chi connectivity index (χ4v) is 1.07. The molecule has 0 bridgehead atoms. The van der Waals surface area contributed by atoms with Crippen LogP contribution >= 0.6 is 0 Å². The number of imidazole rings is 1.